The van der Waals surface area contributed by atoms with Crippen LogP contribution < -0.4 is 5.32 Å². The Morgan fingerprint density at radius 2 is 2.14 bits per heavy atom. The molecule has 3 nitrogen and oxygen atoms in total. The first-order valence-corrected chi connectivity index (χ1v) is 8.24. The Bertz CT molecular complexity index is 450. The third-order valence-electron chi connectivity index (χ3n) is 3.87. The number of nitrogens with one attached hydrogen (secondary N) is 1. The zero-order valence-electron chi connectivity index (χ0n) is 12.6. The van der Waals surface area contributed by atoms with E-state index < -0.39 is 0 Å². The van der Waals surface area contributed by atoms with Gasteiger partial charge in [-0.2, -0.15) is 0 Å². The number of benzene rings is 1. The Balaban J connectivity index is 2.07. The minimum atomic E-state index is -0.0871. The fourth-order valence-corrected chi connectivity index (χ4v) is 2.98. The molecule has 1 heterocycles. The Morgan fingerprint density at radius 3 is 2.76 bits per heavy atom. The van der Waals surface area contributed by atoms with Crippen molar-refractivity contribution in [3.8, 4) is 0 Å². The second kappa shape index (κ2) is 8.35. The van der Waals surface area contributed by atoms with Crippen LogP contribution in [0.25, 0.3) is 0 Å². The van der Waals surface area contributed by atoms with Crippen molar-refractivity contribution < 1.29 is 9.47 Å². The van der Waals surface area contributed by atoms with Gasteiger partial charge < -0.3 is 14.8 Å². The lowest BCUT2D eigenvalue weighted by Crippen LogP contribution is -2.33. The van der Waals surface area contributed by atoms with Crippen LogP contribution in [0.1, 0.15) is 37.7 Å². The minimum Gasteiger partial charge on any atom is -0.353 e. The van der Waals surface area contributed by atoms with Crippen LogP contribution in [0.15, 0.2) is 18.2 Å². The standard InChI is InChI=1S/C16H23Cl2NO2/c1-11(21-16-5-3-4-8-20-16)13(10-19-2)12-6-7-14(17)15(18)9-12/h6-7,9,11,13,16,19H,3-5,8,10H2,1-2H3. The first-order valence-electron chi connectivity index (χ1n) is 7.48. The molecule has 1 saturated heterocycles. The molecule has 0 saturated carbocycles. The summed E-state index contributed by atoms with van der Waals surface area (Å²) in [4.78, 5) is 0. The highest BCUT2D eigenvalue weighted by atomic mass is 35.5. The van der Waals surface area contributed by atoms with Crippen molar-refractivity contribution in [3.05, 3.63) is 33.8 Å². The van der Waals surface area contributed by atoms with Crippen LogP contribution in [0.2, 0.25) is 10.0 Å². The van der Waals surface area contributed by atoms with E-state index in [0.717, 1.165) is 31.6 Å². The number of halogens is 2. The SMILES string of the molecule is CNCC(c1ccc(Cl)c(Cl)c1)C(C)OC1CCCCO1. The molecule has 118 valence electrons. The summed E-state index contributed by atoms with van der Waals surface area (Å²) in [6.45, 7) is 3.69. The molecule has 3 atom stereocenters. The van der Waals surface area contributed by atoms with Gasteiger partial charge in [-0.1, -0.05) is 29.3 Å². The summed E-state index contributed by atoms with van der Waals surface area (Å²) in [6.07, 6.45) is 3.22. The van der Waals surface area contributed by atoms with E-state index in [-0.39, 0.29) is 18.3 Å². The molecule has 2 rings (SSSR count). The van der Waals surface area contributed by atoms with Crippen molar-refractivity contribution in [3.63, 3.8) is 0 Å². The molecule has 0 bridgehead atoms. The van der Waals surface area contributed by atoms with Crippen molar-refractivity contribution in [1.82, 2.24) is 5.32 Å². The maximum absolute atomic E-state index is 6.14. The topological polar surface area (TPSA) is 30.5 Å². The fraction of sp³-hybridized carbons (Fsp3) is 0.625. The Labute approximate surface area is 136 Å². The smallest absolute Gasteiger partial charge is 0.157 e. The van der Waals surface area contributed by atoms with Crippen LogP contribution >= 0.6 is 23.2 Å². The maximum Gasteiger partial charge on any atom is 0.157 e. The van der Waals surface area contributed by atoms with Gasteiger partial charge >= 0.3 is 0 Å². The molecule has 0 spiro atoms. The Morgan fingerprint density at radius 1 is 1.33 bits per heavy atom. The number of hydrogen-bond donors (Lipinski definition) is 1. The van der Waals surface area contributed by atoms with Gasteiger partial charge in [0.25, 0.3) is 0 Å². The Hall–Kier alpha value is -0.320. The molecule has 1 aliphatic heterocycles. The predicted octanol–water partition coefficient (Wildman–Crippen LogP) is 4.23. The summed E-state index contributed by atoms with van der Waals surface area (Å²) in [5.41, 5.74) is 1.13. The summed E-state index contributed by atoms with van der Waals surface area (Å²) < 4.78 is 11.8. The molecule has 1 N–H and O–H groups in total. The lowest BCUT2D eigenvalue weighted by Gasteiger charge is -2.30. The molecule has 1 aliphatic rings. The number of rotatable bonds is 6. The molecule has 1 aromatic rings. The Kier molecular flexibility index (Phi) is 6.77. The van der Waals surface area contributed by atoms with Gasteiger partial charge in [0.2, 0.25) is 0 Å². The molecule has 21 heavy (non-hydrogen) atoms. The third-order valence-corrected chi connectivity index (χ3v) is 4.61. The van der Waals surface area contributed by atoms with Gasteiger partial charge in [-0.15, -0.1) is 0 Å². The second-order valence-electron chi connectivity index (χ2n) is 5.48. The van der Waals surface area contributed by atoms with Crippen LogP contribution in [-0.4, -0.2) is 32.6 Å². The molecule has 0 amide bonds. The van der Waals surface area contributed by atoms with Gasteiger partial charge in [-0.05, 0) is 50.9 Å². The fourth-order valence-electron chi connectivity index (χ4n) is 2.67. The highest BCUT2D eigenvalue weighted by Crippen LogP contribution is 2.30. The van der Waals surface area contributed by atoms with Gasteiger partial charge in [-0.3, -0.25) is 0 Å². The van der Waals surface area contributed by atoms with Gasteiger partial charge in [-0.25, -0.2) is 0 Å². The van der Waals surface area contributed by atoms with E-state index >= 15 is 0 Å². The van der Waals surface area contributed by atoms with Crippen LogP contribution in [0.5, 0.6) is 0 Å². The molecular weight excluding hydrogens is 309 g/mol. The summed E-state index contributed by atoms with van der Waals surface area (Å²) >= 11 is 12.1. The summed E-state index contributed by atoms with van der Waals surface area (Å²) in [5, 5.41) is 4.38. The monoisotopic (exact) mass is 331 g/mol. The lowest BCUT2D eigenvalue weighted by molar-refractivity contribution is -0.188. The summed E-state index contributed by atoms with van der Waals surface area (Å²) in [7, 11) is 1.94. The predicted molar refractivity (Wildman–Crippen MR) is 87.3 cm³/mol. The van der Waals surface area contributed by atoms with Gasteiger partial charge in [0.15, 0.2) is 6.29 Å². The average Bonchev–Trinajstić information content (AvgIpc) is 2.49. The van der Waals surface area contributed by atoms with E-state index in [9.17, 15) is 0 Å². The molecular formula is C16H23Cl2NO2. The van der Waals surface area contributed by atoms with Crippen molar-refractivity contribution in [2.45, 2.75) is 44.5 Å². The van der Waals surface area contributed by atoms with Crippen molar-refractivity contribution in [2.24, 2.45) is 0 Å². The van der Waals surface area contributed by atoms with E-state index in [1.54, 1.807) is 0 Å². The normalized spacial score (nSPS) is 22.0. The van der Waals surface area contributed by atoms with E-state index in [4.69, 9.17) is 32.7 Å². The largest absolute Gasteiger partial charge is 0.353 e. The van der Waals surface area contributed by atoms with E-state index in [0.29, 0.717) is 10.0 Å². The average molecular weight is 332 g/mol. The number of hydrogen-bond acceptors (Lipinski definition) is 3. The van der Waals surface area contributed by atoms with Crippen LogP contribution in [0.4, 0.5) is 0 Å². The molecule has 0 aromatic heterocycles. The van der Waals surface area contributed by atoms with Crippen LogP contribution in [0.3, 0.4) is 0 Å². The van der Waals surface area contributed by atoms with Crippen LogP contribution in [0, 0.1) is 0 Å². The van der Waals surface area contributed by atoms with Gasteiger partial charge in [0, 0.05) is 19.1 Å². The zero-order chi connectivity index (χ0) is 15.2. The van der Waals surface area contributed by atoms with Crippen molar-refractivity contribution >= 4 is 23.2 Å². The third kappa shape index (κ3) is 4.83. The quantitative estimate of drug-likeness (QED) is 0.846. The van der Waals surface area contributed by atoms with Crippen LogP contribution in [-0.2, 0) is 9.47 Å². The molecule has 0 radical (unpaired) electrons. The maximum atomic E-state index is 6.14. The summed E-state index contributed by atoms with van der Waals surface area (Å²) in [6, 6.07) is 5.77. The molecule has 0 aliphatic carbocycles. The number of ether oxygens (including phenoxy) is 2. The number of likely N-dealkylation sites (N-methyl/N-ethyl adjacent to an activating group) is 1. The van der Waals surface area contributed by atoms with Gasteiger partial charge in [0.1, 0.15) is 0 Å². The van der Waals surface area contributed by atoms with Crippen molar-refractivity contribution in [1.29, 1.82) is 0 Å². The highest BCUT2D eigenvalue weighted by molar-refractivity contribution is 6.42. The van der Waals surface area contributed by atoms with Crippen molar-refractivity contribution in [2.75, 3.05) is 20.2 Å². The summed E-state index contributed by atoms with van der Waals surface area (Å²) in [5.74, 6) is 0.204. The second-order valence-corrected chi connectivity index (χ2v) is 6.29. The zero-order valence-corrected chi connectivity index (χ0v) is 14.1. The molecule has 1 fully saturated rings. The highest BCUT2D eigenvalue weighted by Gasteiger charge is 2.25. The molecule has 3 unspecified atom stereocenters. The molecule has 5 heteroatoms. The molecule has 1 aromatic carbocycles. The first-order chi connectivity index (χ1) is 10.1. The van der Waals surface area contributed by atoms with E-state index in [1.165, 1.54) is 6.42 Å². The van der Waals surface area contributed by atoms with E-state index in [2.05, 4.69) is 12.2 Å². The minimum absolute atomic E-state index is 0.0396. The first kappa shape index (κ1) is 17.0. The van der Waals surface area contributed by atoms with E-state index in [1.807, 2.05) is 25.2 Å². The lowest BCUT2D eigenvalue weighted by atomic mass is 9.94. The van der Waals surface area contributed by atoms with Gasteiger partial charge in [0.05, 0.1) is 16.1 Å².